The van der Waals surface area contributed by atoms with Crippen LogP contribution in [0.15, 0.2) is 28.9 Å². The lowest BCUT2D eigenvalue weighted by molar-refractivity contribution is 1.06. The fourth-order valence-electron chi connectivity index (χ4n) is 0.923. The van der Waals surface area contributed by atoms with Gasteiger partial charge in [-0.25, -0.2) is 0 Å². The topological polar surface area (TPSA) is 12.4 Å². The second-order valence-electron chi connectivity index (χ2n) is 2.67. The molecule has 0 aromatic rings. The molecular weight excluding hydrogens is 122 g/mol. The molecule has 0 fully saturated rings. The molecule has 1 heterocycles. The lowest BCUT2D eigenvalue weighted by atomic mass is 10.1. The summed E-state index contributed by atoms with van der Waals surface area (Å²) in [5.41, 5.74) is 2.54. The zero-order valence-corrected chi connectivity index (χ0v) is 6.59. The van der Waals surface area contributed by atoms with Gasteiger partial charge >= 0.3 is 0 Å². The Labute approximate surface area is 62.2 Å². The summed E-state index contributed by atoms with van der Waals surface area (Å²) < 4.78 is 0. The zero-order chi connectivity index (χ0) is 7.40. The molecule has 1 heteroatoms. The first kappa shape index (κ1) is 7.26. The van der Waals surface area contributed by atoms with Gasteiger partial charge in [-0.2, -0.15) is 0 Å². The highest BCUT2D eigenvalue weighted by Crippen LogP contribution is 2.05. The van der Waals surface area contributed by atoms with Crippen LogP contribution in [0.4, 0.5) is 0 Å². The summed E-state index contributed by atoms with van der Waals surface area (Å²) in [6, 6.07) is 0. The molecule has 54 valence electrons. The van der Waals surface area contributed by atoms with Crippen molar-refractivity contribution in [3.63, 3.8) is 0 Å². The minimum atomic E-state index is 1.10. The first-order chi connectivity index (χ1) is 4.79. The lowest BCUT2D eigenvalue weighted by Gasteiger charge is -1.99. The highest BCUT2D eigenvalue weighted by molar-refractivity contribution is 5.82. The Balaban J connectivity index is 2.70. The van der Waals surface area contributed by atoms with E-state index in [1.807, 2.05) is 12.3 Å². The highest BCUT2D eigenvalue weighted by atomic mass is 14.7. The minimum Gasteiger partial charge on any atom is -0.266 e. The van der Waals surface area contributed by atoms with Gasteiger partial charge < -0.3 is 0 Å². The molecule has 0 aliphatic carbocycles. The normalized spacial score (nSPS) is 32.6. The first-order valence-electron chi connectivity index (χ1n) is 3.65. The maximum Gasteiger partial charge on any atom is 0.0269 e. The Morgan fingerprint density at radius 1 is 1.40 bits per heavy atom. The summed E-state index contributed by atoms with van der Waals surface area (Å²) in [5.74, 6) is 0. The van der Waals surface area contributed by atoms with Crippen molar-refractivity contribution in [3.05, 3.63) is 23.9 Å². The van der Waals surface area contributed by atoms with E-state index in [1.54, 1.807) is 0 Å². The van der Waals surface area contributed by atoms with Crippen LogP contribution in [0.1, 0.15) is 26.7 Å². The van der Waals surface area contributed by atoms with Crippen LogP contribution in [0, 0.1) is 0 Å². The molecule has 1 aliphatic heterocycles. The third-order valence-electron chi connectivity index (χ3n) is 1.60. The average molecular weight is 135 g/mol. The predicted octanol–water partition coefficient (Wildman–Crippen LogP) is 2.70. The van der Waals surface area contributed by atoms with Gasteiger partial charge in [-0.15, -0.1) is 0 Å². The Morgan fingerprint density at radius 3 is 3.00 bits per heavy atom. The molecule has 0 unspecified atom stereocenters. The van der Waals surface area contributed by atoms with E-state index in [0.29, 0.717) is 0 Å². The van der Waals surface area contributed by atoms with Crippen molar-refractivity contribution >= 4 is 5.71 Å². The molecule has 1 rings (SSSR count). The maximum atomic E-state index is 4.23. The largest absolute Gasteiger partial charge is 0.266 e. The van der Waals surface area contributed by atoms with Crippen molar-refractivity contribution in [3.8, 4) is 0 Å². The second kappa shape index (κ2) is 3.35. The predicted molar refractivity (Wildman–Crippen MR) is 45.2 cm³/mol. The molecule has 0 saturated carbocycles. The summed E-state index contributed by atoms with van der Waals surface area (Å²) in [5, 5.41) is 0. The van der Waals surface area contributed by atoms with Gasteiger partial charge in [0, 0.05) is 11.9 Å². The maximum absolute atomic E-state index is 4.23. The standard InChI is InChI=1S/C9H13N/c1-8-4-3-5-9(2)10-7-6-8/h4,6-7H,3,5H2,1-2H3/b7-6-,8-4-,10-9+. The van der Waals surface area contributed by atoms with Crippen molar-refractivity contribution in [2.24, 2.45) is 4.99 Å². The van der Waals surface area contributed by atoms with Gasteiger partial charge in [-0.05, 0) is 32.8 Å². The zero-order valence-electron chi connectivity index (χ0n) is 6.59. The number of nitrogens with zero attached hydrogens (tertiary/aromatic N) is 1. The van der Waals surface area contributed by atoms with Gasteiger partial charge in [0.05, 0.1) is 0 Å². The molecule has 0 atom stereocenters. The quantitative estimate of drug-likeness (QED) is 0.484. The summed E-state index contributed by atoms with van der Waals surface area (Å²) in [4.78, 5) is 4.23. The van der Waals surface area contributed by atoms with Crippen molar-refractivity contribution in [1.82, 2.24) is 0 Å². The van der Waals surface area contributed by atoms with Crippen molar-refractivity contribution in [1.29, 1.82) is 0 Å². The van der Waals surface area contributed by atoms with E-state index in [4.69, 9.17) is 0 Å². The van der Waals surface area contributed by atoms with Crippen LogP contribution in [0.2, 0.25) is 0 Å². The Bertz CT molecular complexity index is 197. The van der Waals surface area contributed by atoms with Gasteiger partial charge in [-0.1, -0.05) is 11.6 Å². The minimum absolute atomic E-state index is 1.10. The summed E-state index contributed by atoms with van der Waals surface area (Å²) in [6.45, 7) is 4.17. The number of aliphatic imine (C=N–C) groups is 1. The van der Waals surface area contributed by atoms with Crippen LogP contribution >= 0.6 is 0 Å². The fraction of sp³-hybridized carbons (Fsp3) is 0.444. The van der Waals surface area contributed by atoms with Crippen LogP contribution in [-0.2, 0) is 0 Å². The Morgan fingerprint density at radius 2 is 2.20 bits per heavy atom. The Hall–Kier alpha value is -0.850. The molecule has 0 N–H and O–H groups in total. The smallest absolute Gasteiger partial charge is 0.0269 e. The van der Waals surface area contributed by atoms with Gasteiger partial charge in [-0.3, -0.25) is 4.99 Å². The third kappa shape index (κ3) is 2.18. The van der Waals surface area contributed by atoms with E-state index in [-0.39, 0.29) is 0 Å². The monoisotopic (exact) mass is 135 g/mol. The molecule has 0 radical (unpaired) electrons. The van der Waals surface area contributed by atoms with Crippen molar-refractivity contribution < 1.29 is 0 Å². The van der Waals surface area contributed by atoms with E-state index in [2.05, 4.69) is 24.9 Å². The van der Waals surface area contributed by atoms with E-state index >= 15 is 0 Å². The first-order valence-corrected chi connectivity index (χ1v) is 3.65. The molecular formula is C9H13N. The van der Waals surface area contributed by atoms with E-state index in [0.717, 1.165) is 12.8 Å². The van der Waals surface area contributed by atoms with Crippen LogP contribution in [0.5, 0.6) is 0 Å². The second-order valence-corrected chi connectivity index (χ2v) is 2.67. The van der Waals surface area contributed by atoms with Crippen molar-refractivity contribution in [2.45, 2.75) is 26.7 Å². The highest BCUT2D eigenvalue weighted by Gasteiger charge is 1.91. The molecule has 0 spiro atoms. The van der Waals surface area contributed by atoms with Gasteiger partial charge in [0.15, 0.2) is 0 Å². The van der Waals surface area contributed by atoms with Crippen molar-refractivity contribution in [2.75, 3.05) is 0 Å². The summed E-state index contributed by atoms with van der Waals surface area (Å²) >= 11 is 0. The molecule has 0 aromatic heterocycles. The van der Waals surface area contributed by atoms with Crippen LogP contribution in [0.3, 0.4) is 0 Å². The van der Waals surface area contributed by atoms with Crippen LogP contribution < -0.4 is 0 Å². The molecule has 0 amide bonds. The fourth-order valence-corrected chi connectivity index (χ4v) is 0.923. The summed E-state index contributed by atoms with van der Waals surface area (Å²) in [6.07, 6.45) is 8.39. The van der Waals surface area contributed by atoms with E-state index < -0.39 is 0 Å². The van der Waals surface area contributed by atoms with E-state index in [9.17, 15) is 0 Å². The Kier molecular flexibility index (Phi) is 2.43. The number of rotatable bonds is 0. The third-order valence-corrected chi connectivity index (χ3v) is 1.60. The number of allylic oxidation sites excluding steroid dienone is 3. The van der Waals surface area contributed by atoms with E-state index in [1.165, 1.54) is 11.3 Å². The molecule has 1 nitrogen and oxygen atoms in total. The molecule has 1 aliphatic rings. The molecule has 0 saturated heterocycles. The lowest BCUT2D eigenvalue weighted by Crippen LogP contribution is -1.90. The molecule has 0 aromatic carbocycles. The van der Waals surface area contributed by atoms with Gasteiger partial charge in [0.2, 0.25) is 0 Å². The summed E-state index contributed by atoms with van der Waals surface area (Å²) in [7, 11) is 0. The number of hydrogen-bond donors (Lipinski definition) is 0. The SMILES string of the molecule is CC1=C/CC/C(C)=N/C=C\1. The molecule has 0 bridgehead atoms. The molecule has 10 heavy (non-hydrogen) atoms. The van der Waals surface area contributed by atoms with Crippen LogP contribution in [0.25, 0.3) is 0 Å². The van der Waals surface area contributed by atoms with Gasteiger partial charge in [0.1, 0.15) is 0 Å². The van der Waals surface area contributed by atoms with Crippen LogP contribution in [-0.4, -0.2) is 5.71 Å². The average Bonchev–Trinajstić information content (AvgIpc) is 1.84. The van der Waals surface area contributed by atoms with Gasteiger partial charge in [0.25, 0.3) is 0 Å². The number of hydrogen-bond acceptors (Lipinski definition) is 1.